The lowest BCUT2D eigenvalue weighted by atomic mass is 10.1. The van der Waals surface area contributed by atoms with E-state index in [-0.39, 0.29) is 5.91 Å². The van der Waals surface area contributed by atoms with Gasteiger partial charge < -0.3 is 9.30 Å². The Morgan fingerprint density at radius 1 is 1.21 bits per heavy atom. The molecular formula is C19H20N2O2S. The molecule has 2 aromatic carbocycles. The Balaban J connectivity index is 1.98. The lowest BCUT2D eigenvalue weighted by Crippen LogP contribution is -2.19. The molecule has 3 rings (SSSR count). The summed E-state index contributed by atoms with van der Waals surface area (Å²) in [6, 6.07) is 16.0. The summed E-state index contributed by atoms with van der Waals surface area (Å²) in [6.07, 6.45) is 0.318. The van der Waals surface area contributed by atoms with Crippen LogP contribution < -0.4 is 4.80 Å². The minimum atomic E-state index is -0.129. The third-order valence-electron chi connectivity index (χ3n) is 3.78. The molecule has 0 radical (unpaired) electrons. The number of hydrogen-bond donors (Lipinski definition) is 0. The van der Waals surface area contributed by atoms with E-state index in [9.17, 15) is 4.79 Å². The second kappa shape index (κ2) is 7.55. The molecule has 0 N–H and O–H groups in total. The van der Waals surface area contributed by atoms with Gasteiger partial charge in [-0.15, -0.1) is 0 Å². The van der Waals surface area contributed by atoms with Crippen molar-refractivity contribution in [1.29, 1.82) is 0 Å². The fourth-order valence-electron chi connectivity index (χ4n) is 2.58. The number of ether oxygens (including phenoxy) is 1. The number of carbonyl (C=O) groups is 1. The van der Waals surface area contributed by atoms with Crippen LogP contribution in [-0.4, -0.2) is 24.2 Å². The Kier molecular flexibility index (Phi) is 5.23. The Morgan fingerprint density at radius 2 is 2.00 bits per heavy atom. The van der Waals surface area contributed by atoms with Crippen molar-refractivity contribution in [2.75, 3.05) is 13.7 Å². The van der Waals surface area contributed by atoms with Crippen molar-refractivity contribution in [3.63, 3.8) is 0 Å². The summed E-state index contributed by atoms with van der Waals surface area (Å²) in [7, 11) is 1.68. The zero-order chi connectivity index (χ0) is 16.9. The minimum Gasteiger partial charge on any atom is -0.383 e. The third-order valence-corrected chi connectivity index (χ3v) is 4.82. The Hall–Kier alpha value is -2.24. The van der Waals surface area contributed by atoms with E-state index in [4.69, 9.17) is 4.74 Å². The second-order valence-corrected chi connectivity index (χ2v) is 6.68. The quantitative estimate of drug-likeness (QED) is 0.715. The summed E-state index contributed by atoms with van der Waals surface area (Å²) in [5.41, 5.74) is 3.27. The highest BCUT2D eigenvalue weighted by molar-refractivity contribution is 7.16. The number of amides is 1. The van der Waals surface area contributed by atoms with Gasteiger partial charge in [0.15, 0.2) is 4.80 Å². The topological polar surface area (TPSA) is 43.6 Å². The summed E-state index contributed by atoms with van der Waals surface area (Å²) < 4.78 is 8.40. The highest BCUT2D eigenvalue weighted by Crippen LogP contribution is 2.19. The monoisotopic (exact) mass is 340 g/mol. The molecule has 124 valence electrons. The van der Waals surface area contributed by atoms with Crippen molar-refractivity contribution in [3.05, 3.63) is 64.5 Å². The predicted molar refractivity (Wildman–Crippen MR) is 97.1 cm³/mol. The Labute approximate surface area is 145 Å². The van der Waals surface area contributed by atoms with E-state index in [2.05, 4.69) is 34.7 Å². The largest absolute Gasteiger partial charge is 0.383 e. The van der Waals surface area contributed by atoms with Crippen LogP contribution in [0, 0.1) is 6.92 Å². The molecule has 0 atom stereocenters. The minimum absolute atomic E-state index is 0.129. The molecule has 0 aliphatic heterocycles. The zero-order valence-electron chi connectivity index (χ0n) is 13.9. The molecule has 0 fully saturated rings. The lowest BCUT2D eigenvalue weighted by molar-refractivity contribution is -0.117. The lowest BCUT2D eigenvalue weighted by Gasteiger charge is -2.04. The molecule has 3 aromatic rings. The van der Waals surface area contributed by atoms with Crippen molar-refractivity contribution in [2.45, 2.75) is 19.9 Å². The van der Waals surface area contributed by atoms with Gasteiger partial charge in [-0.25, -0.2) is 0 Å². The van der Waals surface area contributed by atoms with Crippen LogP contribution in [0.25, 0.3) is 10.2 Å². The fourth-order valence-corrected chi connectivity index (χ4v) is 3.75. The first-order valence-electron chi connectivity index (χ1n) is 7.88. The molecular weight excluding hydrogens is 320 g/mol. The molecule has 0 unspecified atom stereocenters. The van der Waals surface area contributed by atoms with Gasteiger partial charge in [-0.2, -0.15) is 4.99 Å². The van der Waals surface area contributed by atoms with Crippen LogP contribution in [0.15, 0.2) is 53.5 Å². The number of benzene rings is 2. The molecule has 1 heterocycles. The molecule has 0 aliphatic rings. The van der Waals surface area contributed by atoms with E-state index in [0.717, 1.165) is 20.6 Å². The summed E-state index contributed by atoms with van der Waals surface area (Å²) in [4.78, 5) is 17.4. The first-order valence-corrected chi connectivity index (χ1v) is 8.69. The van der Waals surface area contributed by atoms with Crippen molar-refractivity contribution in [1.82, 2.24) is 4.57 Å². The SMILES string of the molecule is COCCn1c(=NC(=O)Cc2ccccc2)sc2cc(C)ccc21. The van der Waals surface area contributed by atoms with Crippen LogP contribution in [0.1, 0.15) is 11.1 Å². The van der Waals surface area contributed by atoms with Crippen LogP contribution in [0.5, 0.6) is 0 Å². The highest BCUT2D eigenvalue weighted by atomic mass is 32.1. The van der Waals surface area contributed by atoms with Crippen molar-refractivity contribution in [2.24, 2.45) is 4.99 Å². The predicted octanol–water partition coefficient (Wildman–Crippen LogP) is 3.33. The summed E-state index contributed by atoms with van der Waals surface area (Å²) in [5, 5.41) is 0. The molecule has 0 saturated heterocycles. The van der Waals surface area contributed by atoms with E-state index in [1.807, 2.05) is 30.3 Å². The van der Waals surface area contributed by atoms with Gasteiger partial charge in [0, 0.05) is 13.7 Å². The molecule has 24 heavy (non-hydrogen) atoms. The zero-order valence-corrected chi connectivity index (χ0v) is 14.7. The maximum atomic E-state index is 12.3. The maximum absolute atomic E-state index is 12.3. The van der Waals surface area contributed by atoms with Gasteiger partial charge in [0.05, 0.1) is 23.2 Å². The molecule has 0 bridgehead atoms. The standard InChI is InChI=1S/C19H20N2O2S/c1-14-8-9-16-17(12-14)24-19(21(16)10-11-23-2)20-18(22)13-15-6-4-3-5-7-15/h3-9,12H,10-11,13H2,1-2H3. The van der Waals surface area contributed by atoms with Gasteiger partial charge in [0.1, 0.15) is 0 Å². The number of aromatic nitrogens is 1. The van der Waals surface area contributed by atoms with Crippen LogP contribution in [0.2, 0.25) is 0 Å². The number of carbonyl (C=O) groups excluding carboxylic acids is 1. The summed E-state index contributed by atoms with van der Waals surface area (Å²) in [6.45, 7) is 3.33. The molecule has 5 heteroatoms. The van der Waals surface area contributed by atoms with Crippen molar-refractivity contribution >= 4 is 27.5 Å². The van der Waals surface area contributed by atoms with Crippen LogP contribution >= 0.6 is 11.3 Å². The number of hydrogen-bond acceptors (Lipinski definition) is 3. The van der Waals surface area contributed by atoms with Gasteiger partial charge in [0.25, 0.3) is 5.91 Å². The Morgan fingerprint density at radius 3 is 2.75 bits per heavy atom. The van der Waals surface area contributed by atoms with E-state index in [1.165, 1.54) is 5.56 Å². The highest BCUT2D eigenvalue weighted by Gasteiger charge is 2.08. The smallest absolute Gasteiger partial charge is 0.252 e. The first kappa shape index (κ1) is 16.6. The van der Waals surface area contributed by atoms with E-state index < -0.39 is 0 Å². The van der Waals surface area contributed by atoms with Gasteiger partial charge in [0.2, 0.25) is 0 Å². The third kappa shape index (κ3) is 3.80. The van der Waals surface area contributed by atoms with Gasteiger partial charge in [-0.05, 0) is 30.2 Å². The molecule has 1 amide bonds. The summed E-state index contributed by atoms with van der Waals surface area (Å²) >= 11 is 1.55. The Bertz CT molecular complexity index is 910. The number of aryl methyl sites for hydroxylation is 1. The molecule has 1 aromatic heterocycles. The molecule has 4 nitrogen and oxygen atoms in total. The number of thiazole rings is 1. The maximum Gasteiger partial charge on any atom is 0.252 e. The van der Waals surface area contributed by atoms with Crippen molar-refractivity contribution in [3.8, 4) is 0 Å². The number of fused-ring (bicyclic) bond motifs is 1. The average Bonchev–Trinajstić information content (AvgIpc) is 2.89. The fraction of sp³-hybridized carbons (Fsp3) is 0.263. The number of rotatable bonds is 5. The van der Waals surface area contributed by atoms with E-state index in [0.29, 0.717) is 19.6 Å². The van der Waals surface area contributed by atoms with Crippen LogP contribution in [0.3, 0.4) is 0 Å². The number of nitrogens with zero attached hydrogens (tertiary/aromatic N) is 2. The molecule has 0 aliphatic carbocycles. The average molecular weight is 340 g/mol. The van der Waals surface area contributed by atoms with Crippen molar-refractivity contribution < 1.29 is 9.53 Å². The van der Waals surface area contributed by atoms with Crippen LogP contribution in [-0.2, 0) is 22.5 Å². The second-order valence-electron chi connectivity index (χ2n) is 5.67. The number of methoxy groups -OCH3 is 1. The molecule has 0 saturated carbocycles. The summed E-state index contributed by atoms with van der Waals surface area (Å²) in [5.74, 6) is -0.129. The molecule has 0 spiro atoms. The van der Waals surface area contributed by atoms with Crippen LogP contribution in [0.4, 0.5) is 0 Å². The van der Waals surface area contributed by atoms with Gasteiger partial charge in [-0.1, -0.05) is 47.7 Å². The normalized spacial score (nSPS) is 12.0. The van der Waals surface area contributed by atoms with E-state index in [1.54, 1.807) is 18.4 Å². The van der Waals surface area contributed by atoms with Gasteiger partial charge in [-0.3, -0.25) is 4.79 Å². The van der Waals surface area contributed by atoms with Gasteiger partial charge >= 0.3 is 0 Å². The van der Waals surface area contributed by atoms with E-state index >= 15 is 0 Å². The first-order chi connectivity index (χ1) is 11.7.